The number of amides is 2. The highest BCUT2D eigenvalue weighted by Crippen LogP contribution is 2.43. The van der Waals surface area contributed by atoms with Crippen LogP contribution >= 0.6 is 15.9 Å². The number of hydrogen-bond acceptors (Lipinski definition) is 2. The van der Waals surface area contributed by atoms with Crippen molar-refractivity contribution in [3.05, 3.63) is 28.5 Å². The highest BCUT2D eigenvalue weighted by atomic mass is 79.9. The molecule has 0 N–H and O–H groups in total. The van der Waals surface area contributed by atoms with Gasteiger partial charge in [0.15, 0.2) is 0 Å². The van der Waals surface area contributed by atoms with Crippen molar-refractivity contribution in [3.63, 3.8) is 0 Å². The number of benzene rings is 1. The first-order chi connectivity index (χ1) is 8.59. The molecule has 1 aromatic carbocycles. The van der Waals surface area contributed by atoms with Crippen LogP contribution in [0.15, 0.2) is 22.7 Å². The molecule has 2 amide bonds. The summed E-state index contributed by atoms with van der Waals surface area (Å²) in [4.78, 5) is 25.7. The molecule has 0 bridgehead atoms. The Morgan fingerprint density at radius 2 is 1.78 bits per heavy atom. The monoisotopic (exact) mass is 311 g/mol. The Labute approximate surface area is 112 Å². The summed E-state index contributed by atoms with van der Waals surface area (Å²) in [5, 5.41) is 0. The summed E-state index contributed by atoms with van der Waals surface area (Å²) in [5.74, 6) is -1.03. The molecule has 1 aromatic rings. The quantitative estimate of drug-likeness (QED) is 0.748. The van der Waals surface area contributed by atoms with Crippen molar-refractivity contribution in [2.75, 3.05) is 4.90 Å². The molecule has 1 aliphatic carbocycles. The number of carbonyl (C=O) groups excluding carboxylic acids is 2. The van der Waals surface area contributed by atoms with E-state index in [9.17, 15) is 14.0 Å². The minimum atomic E-state index is -0.398. The van der Waals surface area contributed by atoms with Gasteiger partial charge in [-0.2, -0.15) is 0 Å². The van der Waals surface area contributed by atoms with Crippen LogP contribution in [0.3, 0.4) is 0 Å². The molecule has 3 nitrogen and oxygen atoms in total. The van der Waals surface area contributed by atoms with Gasteiger partial charge < -0.3 is 0 Å². The average molecular weight is 312 g/mol. The van der Waals surface area contributed by atoms with Crippen LogP contribution in [0.5, 0.6) is 0 Å². The lowest BCUT2D eigenvalue weighted by atomic mass is 10.00. The average Bonchev–Trinajstić information content (AvgIpc) is 2.87. The van der Waals surface area contributed by atoms with E-state index < -0.39 is 5.82 Å². The van der Waals surface area contributed by atoms with E-state index in [1.807, 2.05) is 0 Å². The standard InChI is InChI=1S/C13H11BrFNO2/c14-10-6-7(15)4-5-11(10)16-12(17)8-2-1-3-9(8)13(16)18/h4-6,8-9H,1-3H2. The molecular weight excluding hydrogens is 301 g/mol. The van der Waals surface area contributed by atoms with Gasteiger partial charge in [-0.3, -0.25) is 9.59 Å². The van der Waals surface area contributed by atoms with Gasteiger partial charge >= 0.3 is 0 Å². The van der Waals surface area contributed by atoms with Crippen LogP contribution in [0, 0.1) is 17.7 Å². The maximum atomic E-state index is 13.0. The first-order valence-electron chi connectivity index (χ1n) is 5.92. The first-order valence-corrected chi connectivity index (χ1v) is 6.72. The molecule has 1 aliphatic heterocycles. The maximum Gasteiger partial charge on any atom is 0.237 e. The molecule has 1 heterocycles. The van der Waals surface area contributed by atoms with Crippen LogP contribution in [0.25, 0.3) is 0 Å². The molecule has 2 unspecified atom stereocenters. The van der Waals surface area contributed by atoms with Crippen LogP contribution < -0.4 is 4.90 Å². The fraction of sp³-hybridized carbons (Fsp3) is 0.385. The van der Waals surface area contributed by atoms with Gasteiger partial charge in [0, 0.05) is 4.47 Å². The lowest BCUT2D eigenvalue weighted by molar-refractivity contribution is -0.122. The van der Waals surface area contributed by atoms with E-state index in [0.717, 1.165) is 19.3 Å². The highest BCUT2D eigenvalue weighted by molar-refractivity contribution is 9.10. The second-order valence-corrected chi connectivity index (χ2v) is 5.61. The summed E-state index contributed by atoms with van der Waals surface area (Å²) in [5.41, 5.74) is 0.445. The van der Waals surface area contributed by atoms with E-state index in [4.69, 9.17) is 0 Å². The number of fused-ring (bicyclic) bond motifs is 1. The summed E-state index contributed by atoms with van der Waals surface area (Å²) >= 11 is 3.21. The molecular formula is C13H11BrFNO2. The van der Waals surface area contributed by atoms with E-state index in [-0.39, 0.29) is 23.7 Å². The Balaban J connectivity index is 2.02. The highest BCUT2D eigenvalue weighted by Gasteiger charge is 2.50. The van der Waals surface area contributed by atoms with Crippen molar-refractivity contribution in [2.45, 2.75) is 19.3 Å². The maximum absolute atomic E-state index is 13.0. The van der Waals surface area contributed by atoms with Gasteiger partial charge in [0.25, 0.3) is 0 Å². The molecule has 0 radical (unpaired) electrons. The van der Waals surface area contributed by atoms with Gasteiger partial charge in [-0.25, -0.2) is 9.29 Å². The van der Waals surface area contributed by atoms with Crippen molar-refractivity contribution < 1.29 is 14.0 Å². The fourth-order valence-electron chi connectivity index (χ4n) is 2.89. The zero-order valence-corrected chi connectivity index (χ0v) is 11.1. The van der Waals surface area contributed by atoms with Gasteiger partial charge in [-0.1, -0.05) is 6.42 Å². The minimum absolute atomic E-state index is 0.144. The second-order valence-electron chi connectivity index (χ2n) is 4.75. The summed E-state index contributed by atoms with van der Waals surface area (Å²) < 4.78 is 13.5. The van der Waals surface area contributed by atoms with E-state index in [1.165, 1.54) is 23.1 Å². The molecule has 2 aliphatic rings. The van der Waals surface area contributed by atoms with Crippen LogP contribution in [0.2, 0.25) is 0 Å². The van der Waals surface area contributed by atoms with E-state index >= 15 is 0 Å². The van der Waals surface area contributed by atoms with Crippen molar-refractivity contribution in [2.24, 2.45) is 11.8 Å². The van der Waals surface area contributed by atoms with Gasteiger partial charge in [-0.15, -0.1) is 0 Å². The van der Waals surface area contributed by atoms with Crippen LogP contribution in [-0.2, 0) is 9.59 Å². The minimum Gasteiger partial charge on any atom is -0.274 e. The van der Waals surface area contributed by atoms with E-state index in [2.05, 4.69) is 15.9 Å². The van der Waals surface area contributed by atoms with Gasteiger partial charge in [0.2, 0.25) is 11.8 Å². The number of hydrogen-bond donors (Lipinski definition) is 0. The van der Waals surface area contributed by atoms with Crippen molar-refractivity contribution in [1.29, 1.82) is 0 Å². The summed E-state index contributed by atoms with van der Waals surface area (Å²) in [6.45, 7) is 0. The molecule has 1 saturated heterocycles. The molecule has 94 valence electrons. The summed E-state index contributed by atoms with van der Waals surface area (Å²) in [6.07, 6.45) is 2.50. The Hall–Kier alpha value is -1.23. The third-order valence-corrected chi connectivity index (χ3v) is 4.38. The molecule has 3 rings (SSSR count). The predicted molar refractivity (Wildman–Crippen MR) is 67.4 cm³/mol. The van der Waals surface area contributed by atoms with Crippen molar-refractivity contribution in [3.8, 4) is 0 Å². The molecule has 0 spiro atoms. The van der Waals surface area contributed by atoms with Crippen LogP contribution in [0.4, 0.5) is 10.1 Å². The Morgan fingerprint density at radius 3 is 2.33 bits per heavy atom. The largest absolute Gasteiger partial charge is 0.274 e. The Morgan fingerprint density at radius 1 is 1.17 bits per heavy atom. The molecule has 18 heavy (non-hydrogen) atoms. The third-order valence-electron chi connectivity index (χ3n) is 3.74. The normalized spacial score (nSPS) is 26.9. The van der Waals surface area contributed by atoms with Crippen LogP contribution in [0.1, 0.15) is 19.3 Å². The third kappa shape index (κ3) is 1.61. The number of carbonyl (C=O) groups is 2. The number of rotatable bonds is 1. The lowest BCUT2D eigenvalue weighted by Gasteiger charge is -2.17. The van der Waals surface area contributed by atoms with E-state index in [0.29, 0.717) is 10.2 Å². The fourth-order valence-corrected chi connectivity index (χ4v) is 3.42. The number of imide groups is 1. The zero-order valence-electron chi connectivity index (χ0n) is 9.53. The topological polar surface area (TPSA) is 37.4 Å². The molecule has 1 saturated carbocycles. The molecule has 0 aromatic heterocycles. The Bertz CT molecular complexity index is 524. The molecule has 2 fully saturated rings. The lowest BCUT2D eigenvalue weighted by Crippen LogP contribution is -2.31. The van der Waals surface area contributed by atoms with Gasteiger partial charge in [0.05, 0.1) is 17.5 Å². The summed E-state index contributed by atoms with van der Waals surface area (Å²) in [6, 6.07) is 4.00. The Kier molecular flexibility index (Phi) is 2.73. The SMILES string of the molecule is O=C1C2CCCC2C(=O)N1c1ccc(F)cc1Br. The van der Waals surface area contributed by atoms with Gasteiger partial charge in [0.1, 0.15) is 5.82 Å². The zero-order chi connectivity index (χ0) is 12.9. The number of nitrogens with zero attached hydrogens (tertiary/aromatic N) is 1. The first kappa shape index (κ1) is 11.8. The van der Waals surface area contributed by atoms with Gasteiger partial charge in [-0.05, 0) is 47.0 Å². The van der Waals surface area contributed by atoms with Crippen LogP contribution in [-0.4, -0.2) is 11.8 Å². The van der Waals surface area contributed by atoms with E-state index in [1.54, 1.807) is 0 Å². The predicted octanol–water partition coefficient (Wildman–Crippen LogP) is 2.88. The smallest absolute Gasteiger partial charge is 0.237 e. The molecule has 5 heteroatoms. The van der Waals surface area contributed by atoms with Crippen molar-refractivity contribution >= 4 is 33.4 Å². The van der Waals surface area contributed by atoms with Crippen molar-refractivity contribution in [1.82, 2.24) is 0 Å². The summed E-state index contributed by atoms with van der Waals surface area (Å²) in [7, 11) is 0. The second kappa shape index (κ2) is 4.16. The number of anilines is 1. The molecule has 2 atom stereocenters. The number of halogens is 2.